The van der Waals surface area contributed by atoms with Crippen molar-refractivity contribution in [3.63, 3.8) is 0 Å². The lowest BCUT2D eigenvalue weighted by Gasteiger charge is -2.36. The number of ether oxygens (including phenoxy) is 1. The number of H-pyrrole nitrogens is 1. The summed E-state index contributed by atoms with van der Waals surface area (Å²) in [5.74, 6) is -0.227. The monoisotopic (exact) mass is 330 g/mol. The van der Waals surface area contributed by atoms with Crippen LogP contribution in [0.5, 0.6) is 0 Å². The van der Waals surface area contributed by atoms with Crippen molar-refractivity contribution in [3.8, 4) is 0 Å². The number of hydrogen-bond acceptors (Lipinski definition) is 4. The van der Waals surface area contributed by atoms with Gasteiger partial charge in [-0.1, -0.05) is 18.5 Å². The zero-order valence-electron chi connectivity index (χ0n) is 12.4. The molecule has 1 aliphatic heterocycles. The Labute approximate surface area is 132 Å². The summed E-state index contributed by atoms with van der Waals surface area (Å²) in [4.78, 5) is 31.4. The van der Waals surface area contributed by atoms with Crippen molar-refractivity contribution < 1.29 is 19.4 Å². The van der Waals surface area contributed by atoms with Crippen molar-refractivity contribution in [1.29, 1.82) is 0 Å². The van der Waals surface area contributed by atoms with E-state index >= 15 is 0 Å². The number of hydrogen-bond donors (Lipinski definition) is 3. The summed E-state index contributed by atoms with van der Waals surface area (Å²) in [6.07, 6.45) is -0.260. The standard InChI is InChI=1S/C13H19ClN4O4/c1-3-7-10(14)17-11(15-7)12(19)16-8-4-5-18(13(20)21)6-9(8)22-2/h8-9H,3-6H2,1-2H3,(H,15,17)(H,16,19)(H,20,21)/t8-,9+/m1/s1. The first-order valence-corrected chi connectivity index (χ1v) is 7.40. The number of rotatable bonds is 4. The predicted molar refractivity (Wildman–Crippen MR) is 79.2 cm³/mol. The third-order valence-corrected chi connectivity index (χ3v) is 4.06. The van der Waals surface area contributed by atoms with Gasteiger partial charge in [-0.15, -0.1) is 0 Å². The Morgan fingerprint density at radius 3 is 2.86 bits per heavy atom. The molecule has 122 valence electrons. The SMILES string of the molecule is CCc1[nH]c(C(=O)N[C@@H]2CCN(C(=O)O)C[C@@H]2OC)nc1Cl. The Kier molecular flexibility index (Phi) is 5.25. The Hall–Kier alpha value is -1.80. The molecule has 0 radical (unpaired) electrons. The fourth-order valence-electron chi connectivity index (χ4n) is 2.46. The van der Waals surface area contributed by atoms with Gasteiger partial charge in [0.1, 0.15) is 0 Å². The topological polar surface area (TPSA) is 108 Å². The first-order valence-electron chi connectivity index (χ1n) is 7.02. The van der Waals surface area contributed by atoms with Crippen molar-refractivity contribution in [2.24, 2.45) is 0 Å². The number of piperidine rings is 1. The van der Waals surface area contributed by atoms with Crippen molar-refractivity contribution in [3.05, 3.63) is 16.7 Å². The normalized spacial score (nSPS) is 21.7. The quantitative estimate of drug-likeness (QED) is 0.767. The molecule has 0 unspecified atom stereocenters. The highest BCUT2D eigenvalue weighted by molar-refractivity contribution is 6.30. The van der Waals surface area contributed by atoms with Crippen LogP contribution < -0.4 is 5.32 Å². The lowest BCUT2D eigenvalue weighted by atomic mass is 10.0. The number of aromatic nitrogens is 2. The minimum Gasteiger partial charge on any atom is -0.465 e. The summed E-state index contributed by atoms with van der Waals surface area (Å²) in [5, 5.41) is 12.1. The van der Waals surface area contributed by atoms with Crippen LogP contribution in [0.25, 0.3) is 0 Å². The average Bonchev–Trinajstić information content (AvgIpc) is 2.88. The maximum Gasteiger partial charge on any atom is 0.407 e. The van der Waals surface area contributed by atoms with Gasteiger partial charge in [-0.3, -0.25) is 4.79 Å². The van der Waals surface area contributed by atoms with E-state index in [1.807, 2.05) is 6.92 Å². The first kappa shape index (κ1) is 16.6. The maximum absolute atomic E-state index is 12.2. The van der Waals surface area contributed by atoms with Gasteiger partial charge in [0.15, 0.2) is 11.0 Å². The first-order chi connectivity index (χ1) is 10.5. The van der Waals surface area contributed by atoms with Gasteiger partial charge in [-0.2, -0.15) is 0 Å². The highest BCUT2D eigenvalue weighted by atomic mass is 35.5. The second-order valence-corrected chi connectivity index (χ2v) is 5.44. The third kappa shape index (κ3) is 3.50. The lowest BCUT2D eigenvalue weighted by Crippen LogP contribution is -2.55. The number of methoxy groups -OCH3 is 1. The van der Waals surface area contributed by atoms with Crippen LogP contribution >= 0.6 is 11.6 Å². The molecule has 1 aromatic heterocycles. The Balaban J connectivity index is 2.02. The largest absolute Gasteiger partial charge is 0.465 e. The molecule has 2 amide bonds. The summed E-state index contributed by atoms with van der Waals surface area (Å²) in [6, 6.07) is -0.276. The molecule has 1 aliphatic rings. The van der Waals surface area contributed by atoms with Crippen LogP contribution in [-0.2, 0) is 11.2 Å². The second-order valence-electron chi connectivity index (χ2n) is 5.08. The van der Waals surface area contributed by atoms with Gasteiger partial charge in [-0.05, 0) is 12.8 Å². The number of carboxylic acid groups (broad SMARTS) is 1. The van der Waals surface area contributed by atoms with E-state index in [1.165, 1.54) is 12.0 Å². The van der Waals surface area contributed by atoms with E-state index in [1.54, 1.807) is 0 Å². The van der Waals surface area contributed by atoms with E-state index in [9.17, 15) is 9.59 Å². The number of amides is 2. The molecule has 0 saturated carbocycles. The van der Waals surface area contributed by atoms with Gasteiger partial charge >= 0.3 is 6.09 Å². The summed E-state index contributed by atoms with van der Waals surface area (Å²) >= 11 is 5.92. The zero-order chi connectivity index (χ0) is 16.3. The molecular weight excluding hydrogens is 312 g/mol. The number of aromatic amines is 1. The van der Waals surface area contributed by atoms with Gasteiger partial charge in [-0.25, -0.2) is 9.78 Å². The highest BCUT2D eigenvalue weighted by Gasteiger charge is 2.33. The zero-order valence-corrected chi connectivity index (χ0v) is 13.2. The van der Waals surface area contributed by atoms with Crippen molar-refractivity contribution in [2.75, 3.05) is 20.2 Å². The average molecular weight is 331 g/mol. The van der Waals surface area contributed by atoms with Crippen molar-refractivity contribution in [1.82, 2.24) is 20.2 Å². The number of nitrogens with zero attached hydrogens (tertiary/aromatic N) is 2. The summed E-state index contributed by atoms with van der Waals surface area (Å²) in [5.41, 5.74) is 0.704. The van der Waals surface area contributed by atoms with Gasteiger partial charge in [0.05, 0.1) is 24.4 Å². The van der Waals surface area contributed by atoms with E-state index in [0.717, 1.165) is 0 Å². The number of aryl methyl sites for hydroxylation is 1. The van der Waals surface area contributed by atoms with Crippen LogP contribution in [0.1, 0.15) is 29.7 Å². The van der Waals surface area contributed by atoms with Gasteiger partial charge in [0.25, 0.3) is 5.91 Å². The number of carbonyl (C=O) groups excluding carboxylic acids is 1. The molecule has 2 atom stereocenters. The van der Waals surface area contributed by atoms with Crippen LogP contribution in [0.15, 0.2) is 0 Å². The number of imidazole rings is 1. The van der Waals surface area contributed by atoms with E-state index < -0.39 is 12.2 Å². The van der Waals surface area contributed by atoms with E-state index in [4.69, 9.17) is 21.4 Å². The summed E-state index contributed by atoms with van der Waals surface area (Å²) in [6.45, 7) is 2.47. The van der Waals surface area contributed by atoms with Gasteiger partial charge in [0.2, 0.25) is 0 Å². The van der Waals surface area contributed by atoms with Crippen LogP contribution in [-0.4, -0.2) is 64.3 Å². The van der Waals surface area contributed by atoms with Crippen LogP contribution in [0.3, 0.4) is 0 Å². The van der Waals surface area contributed by atoms with E-state index in [-0.39, 0.29) is 29.5 Å². The Bertz CT molecular complexity index is 562. The predicted octanol–water partition coefficient (Wildman–Crippen LogP) is 1.12. The molecule has 0 aliphatic carbocycles. The molecule has 22 heavy (non-hydrogen) atoms. The summed E-state index contributed by atoms with van der Waals surface area (Å²) in [7, 11) is 1.49. The molecule has 1 aromatic rings. The lowest BCUT2D eigenvalue weighted by molar-refractivity contribution is 0.0100. The smallest absolute Gasteiger partial charge is 0.407 e. The molecule has 0 aromatic carbocycles. The third-order valence-electron chi connectivity index (χ3n) is 3.75. The van der Waals surface area contributed by atoms with Gasteiger partial charge in [0, 0.05) is 13.7 Å². The molecular formula is C13H19ClN4O4. The van der Waals surface area contributed by atoms with Crippen molar-refractivity contribution in [2.45, 2.75) is 31.9 Å². The van der Waals surface area contributed by atoms with Crippen LogP contribution in [0, 0.1) is 0 Å². The molecule has 9 heteroatoms. The number of carbonyl (C=O) groups is 2. The van der Waals surface area contributed by atoms with E-state index in [0.29, 0.717) is 25.1 Å². The van der Waals surface area contributed by atoms with Crippen LogP contribution in [0.2, 0.25) is 5.15 Å². The molecule has 3 N–H and O–H groups in total. The molecule has 1 fully saturated rings. The molecule has 0 bridgehead atoms. The number of likely N-dealkylation sites (tertiary alicyclic amines) is 1. The Morgan fingerprint density at radius 1 is 1.59 bits per heavy atom. The molecule has 1 saturated heterocycles. The number of nitrogens with one attached hydrogen (secondary N) is 2. The number of halogens is 1. The second kappa shape index (κ2) is 6.97. The summed E-state index contributed by atoms with van der Waals surface area (Å²) < 4.78 is 5.29. The maximum atomic E-state index is 12.2. The molecule has 2 heterocycles. The fraction of sp³-hybridized carbons (Fsp3) is 0.615. The minimum absolute atomic E-state index is 0.150. The van der Waals surface area contributed by atoms with Crippen LogP contribution in [0.4, 0.5) is 4.79 Å². The molecule has 2 rings (SSSR count). The molecule has 8 nitrogen and oxygen atoms in total. The fourth-order valence-corrected chi connectivity index (χ4v) is 2.73. The Morgan fingerprint density at radius 2 is 2.32 bits per heavy atom. The molecule has 0 spiro atoms. The minimum atomic E-state index is -0.989. The van der Waals surface area contributed by atoms with Gasteiger partial charge < -0.3 is 25.0 Å². The van der Waals surface area contributed by atoms with E-state index in [2.05, 4.69) is 15.3 Å². The highest BCUT2D eigenvalue weighted by Crippen LogP contribution is 2.16. The van der Waals surface area contributed by atoms with Crippen molar-refractivity contribution >= 4 is 23.6 Å².